The number of H-pyrrole nitrogens is 1. The number of hydrogen-bond donors (Lipinski definition) is 1. The second-order valence-electron chi connectivity index (χ2n) is 7.02. The van der Waals surface area contributed by atoms with E-state index in [1.165, 1.54) is 9.13 Å². The van der Waals surface area contributed by atoms with Gasteiger partial charge in [0.05, 0.1) is 0 Å². The van der Waals surface area contributed by atoms with Gasteiger partial charge in [0.2, 0.25) is 0 Å². The third-order valence-electron chi connectivity index (χ3n) is 5.02. The smallest absolute Gasteiger partial charge is 0.293 e. The number of ether oxygens (including phenoxy) is 1. The van der Waals surface area contributed by atoms with Crippen LogP contribution in [0.3, 0.4) is 0 Å². The van der Waals surface area contributed by atoms with E-state index in [9.17, 15) is 9.59 Å². The average Bonchev–Trinajstić information content (AvgIpc) is 3.15. The third-order valence-corrected chi connectivity index (χ3v) is 5.02. The molecule has 4 aromatic rings. The Morgan fingerprint density at radius 2 is 1.57 bits per heavy atom. The molecule has 4 rings (SSSR count). The molecule has 1 N–H and O–H groups in total. The van der Waals surface area contributed by atoms with Crippen molar-refractivity contribution >= 4 is 10.9 Å². The number of nitrogens with one attached hydrogen (secondary N) is 1. The second kappa shape index (κ2) is 6.56. The fraction of sp³-hybridized carbons (Fsp3) is 0.182. The number of hydrogen-bond acceptors (Lipinski definition) is 3. The summed E-state index contributed by atoms with van der Waals surface area (Å²) in [4.78, 5) is 28.4. The molecule has 6 heteroatoms. The van der Waals surface area contributed by atoms with Crippen LogP contribution in [0, 0.1) is 13.8 Å². The molecule has 0 radical (unpaired) electrons. The van der Waals surface area contributed by atoms with Gasteiger partial charge in [-0.3, -0.25) is 9.59 Å². The number of nitrogens with zero attached hydrogens (tertiary/aromatic N) is 2. The highest BCUT2D eigenvalue weighted by Gasteiger charge is 2.19. The number of para-hydroxylation sites is 1. The molecule has 0 unspecified atom stereocenters. The minimum Gasteiger partial charge on any atom is -0.450 e. The molecule has 0 atom stereocenters. The van der Waals surface area contributed by atoms with Crippen LogP contribution < -0.4 is 15.9 Å². The van der Waals surface area contributed by atoms with Crippen molar-refractivity contribution in [3.8, 4) is 22.6 Å². The quantitative estimate of drug-likeness (QED) is 0.594. The van der Waals surface area contributed by atoms with Gasteiger partial charge in [0, 0.05) is 49.2 Å². The lowest BCUT2D eigenvalue weighted by Gasteiger charge is -2.16. The summed E-state index contributed by atoms with van der Waals surface area (Å²) in [5, 5.41) is 0.753. The first kappa shape index (κ1) is 17.9. The van der Waals surface area contributed by atoms with Gasteiger partial charge < -0.3 is 18.9 Å². The molecule has 1 aromatic carbocycles. The zero-order valence-corrected chi connectivity index (χ0v) is 16.2. The summed E-state index contributed by atoms with van der Waals surface area (Å²) >= 11 is 0. The van der Waals surface area contributed by atoms with Crippen LogP contribution in [-0.4, -0.2) is 14.1 Å². The number of fused-ring (bicyclic) bond motifs is 1. The highest BCUT2D eigenvalue weighted by Crippen LogP contribution is 2.35. The van der Waals surface area contributed by atoms with Crippen LogP contribution in [0.15, 0.2) is 58.5 Å². The molecule has 0 saturated carbocycles. The largest absolute Gasteiger partial charge is 0.450 e. The molecule has 0 bridgehead atoms. The summed E-state index contributed by atoms with van der Waals surface area (Å²) in [6.07, 6.45) is 5.17. The Morgan fingerprint density at radius 3 is 2.29 bits per heavy atom. The van der Waals surface area contributed by atoms with Crippen LogP contribution in [0.25, 0.3) is 22.0 Å². The molecule has 142 valence electrons. The molecule has 0 aliphatic carbocycles. The molecule has 0 aliphatic heterocycles. The number of pyridine rings is 2. The molecule has 0 spiro atoms. The number of aryl methyl sites for hydroxylation is 4. The normalized spacial score (nSPS) is 11.1. The fourth-order valence-corrected chi connectivity index (χ4v) is 3.46. The van der Waals surface area contributed by atoms with Crippen LogP contribution >= 0.6 is 0 Å². The first-order chi connectivity index (χ1) is 13.4. The maximum absolute atomic E-state index is 13.0. The van der Waals surface area contributed by atoms with Crippen LogP contribution in [0.2, 0.25) is 0 Å². The van der Waals surface area contributed by atoms with Gasteiger partial charge in [-0.25, -0.2) is 0 Å². The highest BCUT2D eigenvalue weighted by atomic mass is 16.5. The van der Waals surface area contributed by atoms with Gasteiger partial charge in [-0.2, -0.15) is 0 Å². The minimum atomic E-state index is -0.238. The summed E-state index contributed by atoms with van der Waals surface area (Å²) in [6.45, 7) is 3.90. The fourth-order valence-electron chi connectivity index (χ4n) is 3.46. The Bertz CT molecular complexity index is 1310. The number of aromatic nitrogens is 3. The predicted molar refractivity (Wildman–Crippen MR) is 110 cm³/mol. The van der Waals surface area contributed by atoms with Crippen molar-refractivity contribution in [2.24, 2.45) is 14.1 Å². The average molecular weight is 375 g/mol. The lowest BCUT2D eigenvalue weighted by Crippen LogP contribution is -2.20. The molecule has 0 fully saturated rings. The topological polar surface area (TPSA) is 69.0 Å². The van der Waals surface area contributed by atoms with Gasteiger partial charge in [-0.15, -0.1) is 0 Å². The molecule has 3 aromatic heterocycles. The van der Waals surface area contributed by atoms with E-state index in [0.717, 1.165) is 22.1 Å². The maximum Gasteiger partial charge on any atom is 0.293 e. The Morgan fingerprint density at radius 1 is 0.857 bits per heavy atom. The van der Waals surface area contributed by atoms with E-state index >= 15 is 0 Å². The lowest BCUT2D eigenvalue weighted by molar-refractivity contribution is 0.464. The highest BCUT2D eigenvalue weighted by molar-refractivity contribution is 5.95. The monoisotopic (exact) mass is 375 g/mol. The summed E-state index contributed by atoms with van der Waals surface area (Å²) in [5.74, 6) is 0.908. The first-order valence-corrected chi connectivity index (χ1v) is 8.99. The van der Waals surface area contributed by atoms with E-state index < -0.39 is 0 Å². The summed E-state index contributed by atoms with van der Waals surface area (Å²) in [5.41, 5.74) is 3.44. The van der Waals surface area contributed by atoms with E-state index in [1.807, 2.05) is 44.2 Å². The van der Waals surface area contributed by atoms with Gasteiger partial charge in [0.15, 0.2) is 5.75 Å². The maximum atomic E-state index is 13.0. The van der Waals surface area contributed by atoms with Gasteiger partial charge >= 0.3 is 0 Å². The number of rotatable bonds is 3. The zero-order valence-electron chi connectivity index (χ0n) is 16.2. The van der Waals surface area contributed by atoms with Crippen LogP contribution in [-0.2, 0) is 14.1 Å². The van der Waals surface area contributed by atoms with E-state index in [0.29, 0.717) is 16.8 Å². The molecular formula is C22H21N3O3. The van der Waals surface area contributed by atoms with Gasteiger partial charge in [-0.05, 0) is 37.1 Å². The van der Waals surface area contributed by atoms with E-state index in [1.54, 1.807) is 32.7 Å². The van der Waals surface area contributed by atoms with Gasteiger partial charge in [-0.1, -0.05) is 18.2 Å². The van der Waals surface area contributed by atoms with Crippen molar-refractivity contribution in [2.45, 2.75) is 13.8 Å². The molecule has 0 saturated heterocycles. The minimum absolute atomic E-state index is 0.121. The van der Waals surface area contributed by atoms with Crippen LogP contribution in [0.1, 0.15) is 11.1 Å². The van der Waals surface area contributed by atoms with Gasteiger partial charge in [0.1, 0.15) is 11.3 Å². The zero-order chi connectivity index (χ0) is 20.0. The van der Waals surface area contributed by atoms with Gasteiger partial charge in [0.25, 0.3) is 11.1 Å². The Kier molecular flexibility index (Phi) is 4.19. The number of benzene rings is 1. The van der Waals surface area contributed by atoms with E-state index in [4.69, 9.17) is 4.74 Å². The molecule has 0 aliphatic rings. The summed E-state index contributed by atoms with van der Waals surface area (Å²) < 4.78 is 9.20. The van der Waals surface area contributed by atoms with Crippen molar-refractivity contribution in [1.29, 1.82) is 0 Å². The lowest BCUT2D eigenvalue weighted by atomic mass is 10.0. The SMILES string of the molecule is Cc1cccc(C)c1Oc1c(-c2cn(C)c(=O)c3[nH]ccc23)ccn(C)c1=O. The molecule has 3 heterocycles. The van der Waals surface area contributed by atoms with Crippen molar-refractivity contribution < 1.29 is 4.74 Å². The Balaban J connectivity index is 2.02. The Labute approximate surface area is 161 Å². The summed E-state index contributed by atoms with van der Waals surface area (Å²) in [6, 6.07) is 9.54. The van der Waals surface area contributed by atoms with Crippen LogP contribution in [0.4, 0.5) is 0 Å². The van der Waals surface area contributed by atoms with Crippen molar-refractivity contribution in [3.05, 3.63) is 80.8 Å². The van der Waals surface area contributed by atoms with Crippen molar-refractivity contribution in [1.82, 2.24) is 14.1 Å². The molecule has 28 heavy (non-hydrogen) atoms. The number of aromatic amines is 1. The summed E-state index contributed by atoms with van der Waals surface area (Å²) in [7, 11) is 3.38. The van der Waals surface area contributed by atoms with Crippen molar-refractivity contribution in [3.63, 3.8) is 0 Å². The molecule has 0 amide bonds. The standard InChI is InChI=1S/C22H21N3O3/c1-13-6-5-7-14(2)19(13)28-20-16(9-11-24(3)22(20)27)17-12-25(4)21(26)18-15(17)8-10-23-18/h5-12,23H,1-4H3. The Hall–Kier alpha value is -3.54. The second-order valence-corrected chi connectivity index (χ2v) is 7.02. The van der Waals surface area contributed by atoms with Crippen molar-refractivity contribution in [2.75, 3.05) is 0 Å². The van der Waals surface area contributed by atoms with E-state index in [2.05, 4.69) is 4.98 Å². The predicted octanol–water partition coefficient (Wildman–Crippen LogP) is 3.64. The molecular weight excluding hydrogens is 354 g/mol. The molecule has 6 nitrogen and oxygen atoms in total. The van der Waals surface area contributed by atoms with Crippen LogP contribution in [0.5, 0.6) is 11.5 Å². The third kappa shape index (κ3) is 2.74. The van der Waals surface area contributed by atoms with E-state index in [-0.39, 0.29) is 16.9 Å². The first-order valence-electron chi connectivity index (χ1n) is 8.99.